The molecule has 4 unspecified atom stereocenters. The van der Waals surface area contributed by atoms with Crippen molar-refractivity contribution in [1.82, 2.24) is 25.4 Å². The van der Waals surface area contributed by atoms with Crippen molar-refractivity contribution in [2.75, 3.05) is 42.5 Å². The molecule has 5 saturated heterocycles. The summed E-state index contributed by atoms with van der Waals surface area (Å²) < 4.78 is 6.64. The number of aromatic nitrogens is 1. The molecule has 3 aromatic carbocycles. The van der Waals surface area contributed by atoms with E-state index in [1.165, 1.54) is 12.5 Å². The Labute approximate surface area is 373 Å². The van der Waals surface area contributed by atoms with E-state index < -0.39 is 11.5 Å². The predicted molar refractivity (Wildman–Crippen MR) is 244 cm³/mol. The zero-order chi connectivity index (χ0) is 44.9. The maximum Gasteiger partial charge on any atom is 0.255 e. The van der Waals surface area contributed by atoms with E-state index in [2.05, 4.69) is 82.3 Å². The van der Waals surface area contributed by atoms with E-state index in [-0.39, 0.29) is 47.8 Å². The number of H-pyrrole nitrogens is 1. The summed E-state index contributed by atoms with van der Waals surface area (Å²) >= 11 is 0. The monoisotopic (exact) mass is 866 g/mol. The maximum absolute atomic E-state index is 13.8. The number of aromatic amines is 1. The molecule has 5 atom stereocenters. The highest BCUT2D eigenvalue weighted by molar-refractivity contribution is 6.05. The number of ether oxygens (including phenoxy) is 1. The molecule has 10 rings (SSSR count). The second kappa shape index (κ2) is 17.4. The number of fused-ring (bicyclic) bond motifs is 4. The number of amides is 4. The number of piperazine rings is 1. The number of nitrogens with zero attached hydrogens (tertiary/aromatic N) is 5. The molecule has 64 heavy (non-hydrogen) atoms. The summed E-state index contributed by atoms with van der Waals surface area (Å²) in [7, 11) is 0. The van der Waals surface area contributed by atoms with E-state index in [1.807, 2.05) is 24.3 Å². The third-order valence-electron chi connectivity index (χ3n) is 14.8. The third-order valence-corrected chi connectivity index (χ3v) is 14.8. The van der Waals surface area contributed by atoms with Gasteiger partial charge in [-0.2, -0.15) is 5.26 Å². The molecule has 1 aromatic heterocycles. The first-order valence-electron chi connectivity index (χ1n) is 23.0. The number of nitriles is 1. The molecule has 5 fully saturated rings. The van der Waals surface area contributed by atoms with E-state index in [1.54, 1.807) is 23.1 Å². The molecule has 334 valence electrons. The first kappa shape index (κ1) is 43.1. The van der Waals surface area contributed by atoms with Gasteiger partial charge in [-0.05, 0) is 111 Å². The van der Waals surface area contributed by atoms with Gasteiger partial charge < -0.3 is 29.7 Å². The molecule has 14 nitrogen and oxygen atoms in total. The molecule has 4 aromatic rings. The Kier molecular flexibility index (Phi) is 11.7. The van der Waals surface area contributed by atoms with Crippen molar-refractivity contribution in [2.45, 2.75) is 109 Å². The lowest BCUT2D eigenvalue weighted by atomic mass is 9.76. The van der Waals surface area contributed by atoms with Gasteiger partial charge in [0, 0.05) is 103 Å². The minimum atomic E-state index is -0.605. The zero-order valence-electron chi connectivity index (χ0n) is 37.2. The van der Waals surface area contributed by atoms with Crippen LogP contribution in [0.2, 0.25) is 0 Å². The molecular weight excluding hydrogens is 809 g/mol. The molecule has 3 N–H and O–H groups in total. The lowest BCUT2D eigenvalue weighted by molar-refractivity contribution is -0.136. The number of hydrogen-bond acceptors (Lipinski definition) is 10. The van der Waals surface area contributed by atoms with Crippen molar-refractivity contribution in [3.63, 3.8) is 0 Å². The number of hydrogen-bond donors (Lipinski definition) is 3. The molecule has 4 amide bonds. The highest BCUT2D eigenvalue weighted by Crippen LogP contribution is 2.39. The van der Waals surface area contributed by atoms with Crippen LogP contribution in [0.25, 0.3) is 10.9 Å². The fourth-order valence-corrected chi connectivity index (χ4v) is 11.2. The fraction of sp³-hybridized carbons (Fsp3) is 0.480. The summed E-state index contributed by atoms with van der Waals surface area (Å²) in [6.45, 7) is 13.8. The number of pyridine rings is 1. The Morgan fingerprint density at radius 2 is 1.66 bits per heavy atom. The van der Waals surface area contributed by atoms with Gasteiger partial charge >= 0.3 is 0 Å². The largest absolute Gasteiger partial charge is 0.489 e. The fourth-order valence-electron chi connectivity index (χ4n) is 11.2. The Hall–Kier alpha value is -6.20. The van der Waals surface area contributed by atoms with E-state index in [0.717, 1.165) is 62.5 Å². The number of nitrogens with one attached hydrogen (secondary N) is 3. The molecule has 14 heteroatoms. The van der Waals surface area contributed by atoms with Gasteiger partial charge in [-0.1, -0.05) is 27.7 Å². The van der Waals surface area contributed by atoms with Gasteiger partial charge in [0.1, 0.15) is 24.0 Å². The van der Waals surface area contributed by atoms with Crippen LogP contribution in [-0.4, -0.2) is 101 Å². The van der Waals surface area contributed by atoms with Gasteiger partial charge in [-0.25, -0.2) is 0 Å². The van der Waals surface area contributed by atoms with Gasteiger partial charge in [0.15, 0.2) is 0 Å². The van der Waals surface area contributed by atoms with Crippen LogP contribution in [0.1, 0.15) is 104 Å². The Morgan fingerprint density at radius 1 is 0.922 bits per heavy atom. The normalized spacial score (nSPS) is 22.4. The van der Waals surface area contributed by atoms with Gasteiger partial charge in [-0.3, -0.25) is 34.2 Å². The SMILES string of the molecule is CCC(Oc1ccc(C#N)c2[nH]c(=O)ccc12)C(C)(C)[C@H](CC)NC(=O)c1ccc(N2C3CC2CN(CC2CCN(c4ccc5c(c4)CN(C4CCC(=O)NC4=O)C5=O)CC2)C3)cc1. The van der Waals surface area contributed by atoms with E-state index in [9.17, 15) is 29.2 Å². The van der Waals surface area contributed by atoms with Gasteiger partial charge in [0.2, 0.25) is 17.4 Å². The minimum absolute atomic E-state index is 0.119. The Balaban J connectivity index is 0.756. The topological polar surface area (TPSA) is 171 Å². The number of piperidine rings is 3. The lowest BCUT2D eigenvalue weighted by Crippen LogP contribution is -2.69. The van der Waals surface area contributed by atoms with Crippen LogP contribution in [0.4, 0.5) is 11.4 Å². The van der Waals surface area contributed by atoms with Crippen molar-refractivity contribution in [2.24, 2.45) is 11.3 Å². The standard InChI is InChI=1S/C50H58N8O6/c1-5-42(50(3,4)43(6-2)64-41-16-9-32(25-51)46-39(41)14-17-44(59)53-46)52-47(61)31-7-10-34(11-8-31)58-36-24-37(58)29-55(28-36)26-30-19-21-56(22-20-30)35-12-13-38-33(23-35)27-57(49(38)63)40-15-18-45(60)54-48(40)62/h7-14,16-17,23,30,36-37,40,42-43H,5-6,15,18-22,24,26-29H2,1-4H3,(H,52,61)(H,53,59)(H,54,60,62)/t36?,37?,40?,42-,43?/m0/s1. The van der Waals surface area contributed by atoms with E-state index in [0.29, 0.717) is 77.2 Å². The van der Waals surface area contributed by atoms with Crippen LogP contribution in [0.3, 0.4) is 0 Å². The van der Waals surface area contributed by atoms with E-state index in [4.69, 9.17) is 4.74 Å². The summed E-state index contributed by atoms with van der Waals surface area (Å²) in [5, 5.41) is 16.0. The van der Waals surface area contributed by atoms with Crippen molar-refractivity contribution in [3.05, 3.63) is 99.3 Å². The average Bonchev–Trinajstić information content (AvgIpc) is 3.61. The summed E-state index contributed by atoms with van der Waals surface area (Å²) in [5.74, 6) is 0.282. The van der Waals surface area contributed by atoms with Crippen LogP contribution in [0, 0.1) is 22.7 Å². The summed E-state index contributed by atoms with van der Waals surface area (Å²) in [4.78, 5) is 75.2. The number of anilines is 2. The summed E-state index contributed by atoms with van der Waals surface area (Å²) in [5.41, 5.74) is 4.57. The number of rotatable bonds is 13. The van der Waals surface area contributed by atoms with E-state index >= 15 is 0 Å². The number of carbonyl (C=O) groups excluding carboxylic acids is 4. The van der Waals surface area contributed by atoms with Crippen LogP contribution in [0.5, 0.6) is 5.75 Å². The van der Waals surface area contributed by atoms with Crippen LogP contribution >= 0.6 is 0 Å². The lowest BCUT2D eigenvalue weighted by Gasteiger charge is -2.58. The highest BCUT2D eigenvalue weighted by Gasteiger charge is 2.45. The van der Waals surface area contributed by atoms with Crippen molar-refractivity contribution < 1.29 is 23.9 Å². The quantitative estimate of drug-likeness (QED) is 0.141. The predicted octanol–water partition coefficient (Wildman–Crippen LogP) is 5.73. The maximum atomic E-state index is 13.8. The smallest absolute Gasteiger partial charge is 0.255 e. The molecule has 6 aliphatic rings. The molecule has 7 heterocycles. The first-order valence-corrected chi connectivity index (χ1v) is 23.0. The average molecular weight is 867 g/mol. The van der Waals surface area contributed by atoms with Gasteiger partial charge in [-0.15, -0.1) is 0 Å². The van der Waals surface area contributed by atoms with Crippen LogP contribution in [0.15, 0.2) is 71.5 Å². The van der Waals surface area contributed by atoms with Gasteiger partial charge in [0.25, 0.3) is 11.8 Å². The molecular formula is C50H58N8O6. The molecule has 6 aliphatic heterocycles. The molecule has 0 saturated carbocycles. The molecule has 0 radical (unpaired) electrons. The van der Waals surface area contributed by atoms with Crippen LogP contribution < -0.4 is 30.7 Å². The minimum Gasteiger partial charge on any atom is -0.489 e. The molecule has 0 aliphatic carbocycles. The third kappa shape index (κ3) is 8.10. The second-order valence-corrected chi connectivity index (χ2v) is 19.0. The zero-order valence-corrected chi connectivity index (χ0v) is 37.2. The molecule has 0 spiro atoms. The van der Waals surface area contributed by atoms with Crippen molar-refractivity contribution >= 4 is 45.9 Å². The summed E-state index contributed by atoms with van der Waals surface area (Å²) in [6.07, 6.45) is 5.13. The number of benzene rings is 3. The van der Waals surface area contributed by atoms with Crippen molar-refractivity contribution in [3.8, 4) is 11.8 Å². The Morgan fingerprint density at radius 3 is 2.34 bits per heavy atom. The van der Waals surface area contributed by atoms with Crippen molar-refractivity contribution in [1.29, 1.82) is 5.26 Å². The second-order valence-electron chi connectivity index (χ2n) is 19.0. The first-order chi connectivity index (χ1) is 30.8. The molecule has 2 bridgehead atoms. The summed E-state index contributed by atoms with van der Waals surface area (Å²) in [6, 6.07) is 22.9. The van der Waals surface area contributed by atoms with Gasteiger partial charge in [0.05, 0.1) is 11.1 Å². The Bertz CT molecular complexity index is 2560. The number of carbonyl (C=O) groups is 4. The number of imide groups is 1. The van der Waals surface area contributed by atoms with Crippen LogP contribution in [-0.2, 0) is 16.1 Å². The highest BCUT2D eigenvalue weighted by atomic mass is 16.5.